The summed E-state index contributed by atoms with van der Waals surface area (Å²) < 4.78 is 5.22. The summed E-state index contributed by atoms with van der Waals surface area (Å²) in [7, 11) is 1.75. The van der Waals surface area contributed by atoms with E-state index in [2.05, 4.69) is 10.2 Å². The molecule has 2 saturated heterocycles. The average Bonchev–Trinajstić information content (AvgIpc) is 2.46. The van der Waals surface area contributed by atoms with E-state index in [1.807, 2.05) is 0 Å². The van der Waals surface area contributed by atoms with Crippen LogP contribution >= 0.6 is 0 Å². The Labute approximate surface area is 116 Å². The largest absolute Gasteiger partial charge is 0.384 e. The number of nitrogens with zero attached hydrogens (tertiary/aromatic N) is 1. The number of carbonyl (C=O) groups excluding carboxylic acids is 1. The molecule has 0 spiro atoms. The van der Waals surface area contributed by atoms with E-state index in [-0.39, 0.29) is 0 Å². The molecule has 2 heterocycles. The van der Waals surface area contributed by atoms with Crippen molar-refractivity contribution in [2.45, 2.75) is 38.5 Å². The summed E-state index contributed by atoms with van der Waals surface area (Å²) in [6.45, 7) is 4.89. The molecule has 1 amide bonds. The van der Waals surface area contributed by atoms with Crippen molar-refractivity contribution in [3.63, 3.8) is 0 Å². The van der Waals surface area contributed by atoms with Gasteiger partial charge in [-0.25, -0.2) is 0 Å². The number of hydrogen-bond acceptors (Lipinski definition) is 3. The molecule has 0 saturated carbocycles. The van der Waals surface area contributed by atoms with Crippen molar-refractivity contribution < 1.29 is 9.53 Å². The van der Waals surface area contributed by atoms with E-state index in [1.54, 1.807) is 7.11 Å². The van der Waals surface area contributed by atoms with Crippen LogP contribution in [0.25, 0.3) is 0 Å². The second-order valence-electron chi connectivity index (χ2n) is 6.04. The van der Waals surface area contributed by atoms with Crippen molar-refractivity contribution >= 4 is 5.91 Å². The zero-order valence-electron chi connectivity index (χ0n) is 12.2. The molecule has 110 valence electrons. The smallest absolute Gasteiger partial charge is 0.222 e. The molecule has 0 bridgehead atoms. The van der Waals surface area contributed by atoms with Crippen LogP contribution in [0.5, 0.6) is 0 Å². The van der Waals surface area contributed by atoms with Crippen LogP contribution in [0.15, 0.2) is 0 Å². The maximum absolute atomic E-state index is 12.3. The molecule has 2 aliphatic heterocycles. The van der Waals surface area contributed by atoms with Crippen LogP contribution in [-0.4, -0.2) is 50.7 Å². The minimum atomic E-state index is 0.360. The third-order valence-corrected chi connectivity index (χ3v) is 4.50. The van der Waals surface area contributed by atoms with E-state index >= 15 is 0 Å². The van der Waals surface area contributed by atoms with Crippen molar-refractivity contribution in [2.75, 3.05) is 39.9 Å². The number of ether oxygens (including phenoxy) is 1. The van der Waals surface area contributed by atoms with Crippen molar-refractivity contribution in [3.05, 3.63) is 0 Å². The van der Waals surface area contributed by atoms with Crippen LogP contribution in [0.4, 0.5) is 0 Å². The maximum Gasteiger partial charge on any atom is 0.222 e. The van der Waals surface area contributed by atoms with E-state index in [9.17, 15) is 4.79 Å². The van der Waals surface area contributed by atoms with Crippen LogP contribution in [0.2, 0.25) is 0 Å². The zero-order chi connectivity index (χ0) is 13.5. The molecule has 4 heteroatoms. The molecule has 0 radical (unpaired) electrons. The molecule has 0 aromatic carbocycles. The highest BCUT2D eigenvalue weighted by Crippen LogP contribution is 2.21. The quantitative estimate of drug-likeness (QED) is 0.824. The first kappa shape index (κ1) is 14.8. The molecule has 4 nitrogen and oxygen atoms in total. The number of nitrogens with one attached hydrogen (secondary N) is 1. The second-order valence-corrected chi connectivity index (χ2v) is 6.04. The van der Waals surface area contributed by atoms with Gasteiger partial charge in [-0.2, -0.15) is 0 Å². The molecule has 1 N–H and O–H groups in total. The Morgan fingerprint density at radius 3 is 2.79 bits per heavy atom. The van der Waals surface area contributed by atoms with Crippen LogP contribution in [0, 0.1) is 11.8 Å². The highest BCUT2D eigenvalue weighted by Gasteiger charge is 2.24. The molecule has 0 aromatic rings. The Hall–Kier alpha value is -0.610. The van der Waals surface area contributed by atoms with Gasteiger partial charge in [0.2, 0.25) is 5.91 Å². The molecule has 19 heavy (non-hydrogen) atoms. The molecule has 2 aliphatic rings. The lowest BCUT2D eigenvalue weighted by Gasteiger charge is -2.33. The number of amides is 1. The lowest BCUT2D eigenvalue weighted by Crippen LogP contribution is -2.41. The van der Waals surface area contributed by atoms with Gasteiger partial charge in [0.15, 0.2) is 0 Å². The molecule has 2 fully saturated rings. The summed E-state index contributed by atoms with van der Waals surface area (Å²) >= 11 is 0. The van der Waals surface area contributed by atoms with Crippen molar-refractivity contribution in [2.24, 2.45) is 11.8 Å². The van der Waals surface area contributed by atoms with Crippen LogP contribution in [-0.2, 0) is 9.53 Å². The number of piperidine rings is 2. The Kier molecular flexibility index (Phi) is 6.11. The van der Waals surface area contributed by atoms with E-state index in [1.165, 1.54) is 19.3 Å². The first-order valence-electron chi connectivity index (χ1n) is 7.77. The number of rotatable bonds is 5. The van der Waals surface area contributed by atoms with Crippen molar-refractivity contribution in [3.8, 4) is 0 Å². The van der Waals surface area contributed by atoms with Gasteiger partial charge >= 0.3 is 0 Å². The summed E-state index contributed by atoms with van der Waals surface area (Å²) in [4.78, 5) is 14.3. The Morgan fingerprint density at radius 2 is 2.05 bits per heavy atom. The van der Waals surface area contributed by atoms with Gasteiger partial charge in [0.05, 0.1) is 6.61 Å². The predicted molar refractivity (Wildman–Crippen MR) is 76.0 cm³/mol. The van der Waals surface area contributed by atoms with Gasteiger partial charge < -0.3 is 15.0 Å². The molecule has 2 rings (SSSR count). The van der Waals surface area contributed by atoms with E-state index in [0.717, 1.165) is 58.0 Å². The monoisotopic (exact) mass is 268 g/mol. The van der Waals surface area contributed by atoms with Gasteiger partial charge in [-0.3, -0.25) is 4.79 Å². The predicted octanol–water partition coefficient (Wildman–Crippen LogP) is 1.65. The highest BCUT2D eigenvalue weighted by atomic mass is 16.5. The van der Waals surface area contributed by atoms with Crippen LogP contribution in [0.3, 0.4) is 0 Å². The first-order valence-corrected chi connectivity index (χ1v) is 7.77. The topological polar surface area (TPSA) is 41.6 Å². The third kappa shape index (κ3) is 4.77. The van der Waals surface area contributed by atoms with Gasteiger partial charge in [-0.15, -0.1) is 0 Å². The summed E-state index contributed by atoms with van der Waals surface area (Å²) in [5, 5.41) is 3.38. The lowest BCUT2D eigenvalue weighted by molar-refractivity contribution is -0.133. The molecule has 0 aliphatic carbocycles. The fourth-order valence-corrected chi connectivity index (χ4v) is 3.32. The lowest BCUT2D eigenvalue weighted by atomic mass is 9.92. The van der Waals surface area contributed by atoms with Gasteiger partial charge in [-0.05, 0) is 57.0 Å². The number of likely N-dealkylation sites (tertiary alicyclic amines) is 1. The molecular weight excluding hydrogens is 240 g/mol. The van der Waals surface area contributed by atoms with Gasteiger partial charge in [0, 0.05) is 26.6 Å². The third-order valence-electron chi connectivity index (χ3n) is 4.50. The zero-order valence-corrected chi connectivity index (χ0v) is 12.2. The number of carbonyl (C=O) groups is 1. The van der Waals surface area contributed by atoms with E-state index in [0.29, 0.717) is 11.8 Å². The normalized spacial score (nSPS) is 25.5. The van der Waals surface area contributed by atoms with Gasteiger partial charge in [0.25, 0.3) is 0 Å². The molecular formula is C15H28N2O2. The van der Waals surface area contributed by atoms with Crippen molar-refractivity contribution in [1.29, 1.82) is 0 Å². The van der Waals surface area contributed by atoms with Crippen molar-refractivity contribution in [1.82, 2.24) is 10.2 Å². The standard InChI is InChI=1S/C15H28N2O2/c1-19-12-14-3-2-10-17(11-14)15(18)5-4-13-6-8-16-9-7-13/h13-14,16H,2-12H2,1H3. The SMILES string of the molecule is COCC1CCCN(C(=O)CCC2CCNCC2)C1. The summed E-state index contributed by atoms with van der Waals surface area (Å²) in [6, 6.07) is 0. The number of methoxy groups -OCH3 is 1. The Morgan fingerprint density at radius 1 is 1.26 bits per heavy atom. The van der Waals surface area contributed by atoms with Crippen LogP contribution in [0.1, 0.15) is 38.5 Å². The fraction of sp³-hybridized carbons (Fsp3) is 0.933. The molecule has 0 aromatic heterocycles. The van der Waals surface area contributed by atoms with Gasteiger partial charge in [-0.1, -0.05) is 0 Å². The second kappa shape index (κ2) is 7.85. The summed E-state index contributed by atoms with van der Waals surface area (Å²) in [5.41, 5.74) is 0. The summed E-state index contributed by atoms with van der Waals surface area (Å²) in [5.74, 6) is 1.66. The van der Waals surface area contributed by atoms with Gasteiger partial charge in [0.1, 0.15) is 0 Å². The Bertz CT molecular complexity index is 275. The summed E-state index contributed by atoms with van der Waals surface area (Å²) in [6.07, 6.45) is 6.62. The minimum absolute atomic E-state index is 0.360. The van der Waals surface area contributed by atoms with E-state index < -0.39 is 0 Å². The molecule has 1 unspecified atom stereocenters. The molecule has 1 atom stereocenters. The van der Waals surface area contributed by atoms with Crippen LogP contribution < -0.4 is 5.32 Å². The number of hydrogen-bond donors (Lipinski definition) is 1. The fourth-order valence-electron chi connectivity index (χ4n) is 3.32. The van der Waals surface area contributed by atoms with E-state index in [4.69, 9.17) is 4.74 Å². The Balaban J connectivity index is 1.69. The minimum Gasteiger partial charge on any atom is -0.384 e. The average molecular weight is 268 g/mol. The maximum atomic E-state index is 12.3. The first-order chi connectivity index (χ1) is 9.29. The highest BCUT2D eigenvalue weighted by molar-refractivity contribution is 5.76.